The maximum atomic E-state index is 12.9. The van der Waals surface area contributed by atoms with E-state index in [0.717, 1.165) is 5.56 Å². The lowest BCUT2D eigenvalue weighted by atomic mass is 10.1. The van der Waals surface area contributed by atoms with Crippen LogP contribution in [0, 0.1) is 34.1 Å². The van der Waals surface area contributed by atoms with Crippen LogP contribution >= 0.6 is 0 Å². The van der Waals surface area contributed by atoms with Gasteiger partial charge in [0.25, 0.3) is 5.75 Å². The van der Waals surface area contributed by atoms with E-state index in [1.54, 1.807) is 26.0 Å². The minimum absolute atomic E-state index is 0.0663. The summed E-state index contributed by atoms with van der Waals surface area (Å²) in [6.45, 7) is 3.38. The summed E-state index contributed by atoms with van der Waals surface area (Å²) in [4.78, 5) is 20.0. The molecule has 0 heterocycles. The Morgan fingerprint density at radius 3 is 1.88 bits per heavy atom. The van der Waals surface area contributed by atoms with E-state index in [4.69, 9.17) is 4.74 Å². The third kappa shape index (κ3) is 3.84. The van der Waals surface area contributed by atoms with Gasteiger partial charge in [-0.15, -0.1) is 0 Å². The number of halogens is 3. The lowest BCUT2D eigenvalue weighted by molar-refractivity contribution is -0.396. The third-order valence-electron chi connectivity index (χ3n) is 3.31. The van der Waals surface area contributed by atoms with Crippen LogP contribution in [0.1, 0.15) is 16.7 Å². The van der Waals surface area contributed by atoms with Gasteiger partial charge in [-0.1, -0.05) is 17.7 Å². The minimum atomic E-state index is -4.98. The standard InChI is InChI=1S/C15H11F3N2O5/c1-8-3-4-13(9(2)5-8)25-14-11(19(21)22)6-10(15(16,17)18)7-12(14)20(23)24/h3-7H,1-2H3. The molecule has 0 fully saturated rings. The molecule has 0 saturated carbocycles. The van der Waals surface area contributed by atoms with E-state index in [0.29, 0.717) is 5.56 Å². The van der Waals surface area contributed by atoms with Crippen LogP contribution in [0.4, 0.5) is 24.5 Å². The van der Waals surface area contributed by atoms with Crippen molar-refractivity contribution in [1.29, 1.82) is 0 Å². The minimum Gasteiger partial charge on any atom is -0.444 e. The summed E-state index contributed by atoms with van der Waals surface area (Å²) in [5.74, 6) is -0.786. The second-order valence-electron chi connectivity index (χ2n) is 5.23. The number of alkyl halides is 3. The molecule has 2 rings (SSSR count). The van der Waals surface area contributed by atoms with Gasteiger partial charge >= 0.3 is 17.6 Å². The van der Waals surface area contributed by atoms with Gasteiger partial charge in [-0.3, -0.25) is 20.2 Å². The average Bonchev–Trinajstić information content (AvgIpc) is 2.48. The van der Waals surface area contributed by atoms with Crippen LogP contribution in [-0.4, -0.2) is 9.85 Å². The molecule has 2 aromatic carbocycles. The van der Waals surface area contributed by atoms with E-state index >= 15 is 0 Å². The Balaban J connectivity index is 2.70. The Hall–Kier alpha value is -3.17. The molecule has 0 unspecified atom stereocenters. The molecule has 0 aliphatic heterocycles. The van der Waals surface area contributed by atoms with Crippen LogP contribution in [0.2, 0.25) is 0 Å². The number of hydrogen-bond acceptors (Lipinski definition) is 5. The summed E-state index contributed by atoms with van der Waals surface area (Å²) >= 11 is 0. The van der Waals surface area contributed by atoms with Gasteiger partial charge in [0.1, 0.15) is 5.75 Å². The molecule has 0 bridgehead atoms. The quantitative estimate of drug-likeness (QED) is 0.572. The first-order valence-electron chi connectivity index (χ1n) is 6.80. The zero-order valence-corrected chi connectivity index (χ0v) is 13.0. The topological polar surface area (TPSA) is 95.5 Å². The number of rotatable bonds is 4. The highest BCUT2D eigenvalue weighted by Gasteiger charge is 2.38. The Labute approximate surface area is 138 Å². The molecule has 0 spiro atoms. The number of benzene rings is 2. The second-order valence-corrected chi connectivity index (χ2v) is 5.23. The number of hydrogen-bond donors (Lipinski definition) is 0. The third-order valence-corrected chi connectivity index (χ3v) is 3.31. The smallest absolute Gasteiger partial charge is 0.416 e. The molecule has 0 radical (unpaired) electrons. The highest BCUT2D eigenvalue weighted by atomic mass is 19.4. The fraction of sp³-hybridized carbons (Fsp3) is 0.200. The van der Waals surface area contributed by atoms with Gasteiger partial charge in [0.05, 0.1) is 15.4 Å². The van der Waals surface area contributed by atoms with Crippen LogP contribution in [-0.2, 0) is 6.18 Å². The molecular formula is C15H11F3N2O5. The van der Waals surface area contributed by atoms with Crippen molar-refractivity contribution in [3.05, 3.63) is 67.3 Å². The maximum Gasteiger partial charge on any atom is 0.416 e. The zero-order chi connectivity index (χ0) is 18.9. The summed E-state index contributed by atoms with van der Waals surface area (Å²) in [5, 5.41) is 22.3. The van der Waals surface area contributed by atoms with Crippen molar-refractivity contribution in [1.82, 2.24) is 0 Å². The van der Waals surface area contributed by atoms with Crippen LogP contribution in [0.25, 0.3) is 0 Å². The maximum absolute atomic E-state index is 12.9. The largest absolute Gasteiger partial charge is 0.444 e. The van der Waals surface area contributed by atoms with Gasteiger partial charge in [0.15, 0.2) is 0 Å². The van der Waals surface area contributed by atoms with E-state index < -0.39 is 38.7 Å². The lowest BCUT2D eigenvalue weighted by Gasteiger charge is -2.12. The Bertz CT molecular complexity index is 830. The average molecular weight is 356 g/mol. The normalized spacial score (nSPS) is 11.2. The van der Waals surface area contributed by atoms with E-state index in [-0.39, 0.29) is 17.9 Å². The molecule has 0 aromatic heterocycles. The van der Waals surface area contributed by atoms with Crippen molar-refractivity contribution in [2.24, 2.45) is 0 Å². The number of nitro groups is 2. The highest BCUT2D eigenvalue weighted by molar-refractivity contribution is 5.64. The fourth-order valence-electron chi connectivity index (χ4n) is 2.16. The monoisotopic (exact) mass is 356 g/mol. The van der Waals surface area contributed by atoms with Crippen molar-refractivity contribution in [3.8, 4) is 11.5 Å². The van der Waals surface area contributed by atoms with Crippen molar-refractivity contribution in [2.45, 2.75) is 20.0 Å². The van der Waals surface area contributed by atoms with E-state index in [1.807, 2.05) is 0 Å². The van der Waals surface area contributed by atoms with Crippen LogP contribution in [0.15, 0.2) is 30.3 Å². The molecule has 132 valence electrons. The van der Waals surface area contributed by atoms with Gasteiger partial charge in [-0.25, -0.2) is 0 Å². The van der Waals surface area contributed by atoms with Crippen molar-refractivity contribution in [3.63, 3.8) is 0 Å². The molecule has 0 aliphatic carbocycles. The predicted molar refractivity (Wildman–Crippen MR) is 80.7 cm³/mol. The zero-order valence-electron chi connectivity index (χ0n) is 13.0. The first-order chi connectivity index (χ1) is 11.5. The molecule has 0 amide bonds. The summed E-state index contributed by atoms with van der Waals surface area (Å²) in [7, 11) is 0. The van der Waals surface area contributed by atoms with Gasteiger partial charge < -0.3 is 4.74 Å². The number of nitro benzene ring substituents is 2. The van der Waals surface area contributed by atoms with Crippen molar-refractivity contribution < 1.29 is 27.8 Å². The van der Waals surface area contributed by atoms with E-state index in [9.17, 15) is 33.4 Å². The SMILES string of the molecule is Cc1ccc(Oc2c([N+](=O)[O-])cc(C(F)(F)F)cc2[N+](=O)[O-])c(C)c1. The summed E-state index contributed by atoms with van der Waals surface area (Å²) < 4.78 is 43.8. The van der Waals surface area contributed by atoms with Gasteiger partial charge in [0, 0.05) is 12.1 Å². The van der Waals surface area contributed by atoms with Crippen molar-refractivity contribution in [2.75, 3.05) is 0 Å². The lowest BCUT2D eigenvalue weighted by Crippen LogP contribution is -2.08. The molecule has 0 N–H and O–H groups in total. The van der Waals surface area contributed by atoms with Gasteiger partial charge in [-0.05, 0) is 25.5 Å². The molecular weight excluding hydrogens is 345 g/mol. The number of aryl methyl sites for hydroxylation is 2. The first-order valence-corrected chi connectivity index (χ1v) is 6.80. The Kier molecular flexibility index (Phi) is 4.64. The van der Waals surface area contributed by atoms with Gasteiger partial charge in [0.2, 0.25) is 0 Å². The molecule has 25 heavy (non-hydrogen) atoms. The summed E-state index contributed by atoms with van der Waals surface area (Å²) in [5.41, 5.74) is -2.41. The van der Waals surface area contributed by atoms with Crippen molar-refractivity contribution >= 4 is 11.4 Å². The molecule has 2 aromatic rings. The fourth-order valence-corrected chi connectivity index (χ4v) is 2.16. The number of nitrogens with zero attached hydrogens (tertiary/aromatic N) is 2. The van der Waals surface area contributed by atoms with Crippen LogP contribution in [0.3, 0.4) is 0 Å². The molecule has 0 atom stereocenters. The van der Waals surface area contributed by atoms with E-state index in [2.05, 4.69) is 0 Å². The molecule has 0 aliphatic rings. The molecule has 7 nitrogen and oxygen atoms in total. The van der Waals surface area contributed by atoms with E-state index in [1.165, 1.54) is 6.07 Å². The van der Waals surface area contributed by atoms with Crippen LogP contribution < -0.4 is 4.74 Å². The number of ether oxygens (including phenoxy) is 1. The van der Waals surface area contributed by atoms with Gasteiger partial charge in [-0.2, -0.15) is 13.2 Å². The Morgan fingerprint density at radius 2 is 1.48 bits per heavy atom. The Morgan fingerprint density at radius 1 is 0.960 bits per heavy atom. The van der Waals surface area contributed by atoms with Crippen LogP contribution in [0.5, 0.6) is 11.5 Å². The summed E-state index contributed by atoms with van der Waals surface area (Å²) in [6.07, 6.45) is -4.98. The molecule has 0 saturated heterocycles. The summed E-state index contributed by atoms with van der Waals surface area (Å²) in [6, 6.07) is 5.12. The highest BCUT2D eigenvalue weighted by Crippen LogP contribution is 2.44. The molecule has 10 heteroatoms. The second kappa shape index (κ2) is 6.38. The first kappa shape index (κ1) is 18.2. The predicted octanol–water partition coefficient (Wildman–Crippen LogP) is 4.93.